The molecule has 1 fully saturated rings. The van der Waals surface area contributed by atoms with Crippen LogP contribution in [0.25, 0.3) is 0 Å². The maximum atomic E-state index is 12.1. The van der Waals surface area contributed by atoms with Crippen molar-refractivity contribution in [2.24, 2.45) is 0 Å². The molecule has 1 unspecified atom stereocenters. The molecular formula is C17H19ClN4O2. The van der Waals surface area contributed by atoms with Gasteiger partial charge in [0.2, 0.25) is 0 Å². The van der Waals surface area contributed by atoms with Gasteiger partial charge in [-0.1, -0.05) is 11.6 Å². The van der Waals surface area contributed by atoms with Crippen molar-refractivity contribution in [3.8, 4) is 5.75 Å². The molecule has 1 atom stereocenters. The first-order valence-electron chi connectivity index (χ1n) is 7.83. The molecule has 1 aliphatic heterocycles. The normalized spacial score (nSPS) is 17.4. The molecule has 1 aromatic carbocycles. The topological polar surface area (TPSA) is 77.5 Å². The van der Waals surface area contributed by atoms with E-state index in [-0.39, 0.29) is 17.8 Å². The summed E-state index contributed by atoms with van der Waals surface area (Å²) in [6, 6.07) is 10.5. The molecule has 3 N–H and O–H groups in total. The van der Waals surface area contributed by atoms with Gasteiger partial charge in [0.05, 0.1) is 6.20 Å². The summed E-state index contributed by atoms with van der Waals surface area (Å²) in [6.07, 6.45) is 3.23. The summed E-state index contributed by atoms with van der Waals surface area (Å²) in [5.41, 5.74) is 1.10. The van der Waals surface area contributed by atoms with Gasteiger partial charge < -0.3 is 15.3 Å². The van der Waals surface area contributed by atoms with E-state index in [1.54, 1.807) is 6.07 Å². The average Bonchev–Trinajstić information content (AvgIpc) is 2.58. The predicted molar refractivity (Wildman–Crippen MR) is 94.7 cm³/mol. The Morgan fingerprint density at radius 1 is 1.25 bits per heavy atom. The van der Waals surface area contributed by atoms with E-state index in [1.807, 2.05) is 24.3 Å². The zero-order valence-electron chi connectivity index (χ0n) is 13.1. The number of piperidine rings is 1. The van der Waals surface area contributed by atoms with Crippen LogP contribution in [0, 0.1) is 0 Å². The number of carbonyl (C=O) groups excluding carboxylic acids is 1. The van der Waals surface area contributed by atoms with Crippen LogP contribution >= 0.6 is 11.6 Å². The first kappa shape index (κ1) is 16.4. The van der Waals surface area contributed by atoms with Crippen LogP contribution in [0.5, 0.6) is 5.75 Å². The third-order valence-electron chi connectivity index (χ3n) is 3.94. The van der Waals surface area contributed by atoms with Crippen LogP contribution in [-0.2, 0) is 0 Å². The number of urea groups is 1. The monoisotopic (exact) mass is 346 g/mol. The van der Waals surface area contributed by atoms with E-state index in [9.17, 15) is 9.90 Å². The van der Waals surface area contributed by atoms with Crippen LogP contribution in [-0.4, -0.2) is 35.3 Å². The zero-order valence-corrected chi connectivity index (χ0v) is 13.8. The minimum atomic E-state index is -0.295. The van der Waals surface area contributed by atoms with E-state index in [1.165, 1.54) is 12.3 Å². The second-order valence-electron chi connectivity index (χ2n) is 5.76. The molecule has 6 nitrogen and oxygen atoms in total. The van der Waals surface area contributed by atoms with Gasteiger partial charge in [-0.15, -0.1) is 0 Å². The summed E-state index contributed by atoms with van der Waals surface area (Å²) in [4.78, 5) is 18.3. The van der Waals surface area contributed by atoms with Gasteiger partial charge in [-0.2, -0.15) is 0 Å². The van der Waals surface area contributed by atoms with Crippen LogP contribution in [0.3, 0.4) is 0 Å². The van der Waals surface area contributed by atoms with Gasteiger partial charge in [0.1, 0.15) is 11.6 Å². The number of aromatic nitrogens is 1. The molecule has 2 aromatic rings. The van der Waals surface area contributed by atoms with Crippen LogP contribution in [0.1, 0.15) is 12.8 Å². The number of amides is 2. The highest BCUT2D eigenvalue weighted by molar-refractivity contribution is 6.30. The molecule has 7 heteroatoms. The van der Waals surface area contributed by atoms with Gasteiger partial charge >= 0.3 is 6.03 Å². The number of benzene rings is 1. The molecule has 2 amide bonds. The molecule has 126 valence electrons. The lowest BCUT2D eigenvalue weighted by Gasteiger charge is -2.34. The SMILES string of the molecule is O=C(Nc1ccc(O)cn1)NC1CCCN(c2ccc(Cl)cc2)C1. The van der Waals surface area contributed by atoms with Crippen molar-refractivity contribution in [1.29, 1.82) is 0 Å². The van der Waals surface area contributed by atoms with Gasteiger partial charge in [0.15, 0.2) is 0 Å². The number of rotatable bonds is 3. The number of aromatic hydroxyl groups is 1. The van der Waals surface area contributed by atoms with Gasteiger partial charge in [-0.25, -0.2) is 9.78 Å². The highest BCUT2D eigenvalue weighted by atomic mass is 35.5. The highest BCUT2D eigenvalue weighted by Gasteiger charge is 2.21. The van der Waals surface area contributed by atoms with Crippen LogP contribution in [0.15, 0.2) is 42.6 Å². The van der Waals surface area contributed by atoms with Gasteiger partial charge in [-0.05, 0) is 49.2 Å². The van der Waals surface area contributed by atoms with Crippen molar-refractivity contribution in [2.75, 3.05) is 23.3 Å². The number of nitrogens with one attached hydrogen (secondary N) is 2. The van der Waals surface area contributed by atoms with Crippen molar-refractivity contribution in [3.63, 3.8) is 0 Å². The molecule has 0 spiro atoms. The first-order valence-corrected chi connectivity index (χ1v) is 8.21. The minimum absolute atomic E-state index is 0.0616. The third-order valence-corrected chi connectivity index (χ3v) is 4.19. The van der Waals surface area contributed by atoms with E-state index in [4.69, 9.17) is 11.6 Å². The lowest BCUT2D eigenvalue weighted by molar-refractivity contribution is 0.246. The fourth-order valence-electron chi connectivity index (χ4n) is 2.78. The summed E-state index contributed by atoms with van der Waals surface area (Å²) in [5.74, 6) is 0.461. The van der Waals surface area contributed by atoms with Crippen LogP contribution < -0.4 is 15.5 Å². The second-order valence-corrected chi connectivity index (χ2v) is 6.20. The van der Waals surface area contributed by atoms with Gasteiger partial charge in [0.25, 0.3) is 0 Å². The molecule has 0 saturated carbocycles. The van der Waals surface area contributed by atoms with E-state index in [0.717, 1.165) is 31.6 Å². The molecule has 3 rings (SSSR count). The number of carbonyl (C=O) groups is 1. The number of pyridine rings is 1. The number of halogens is 1. The Morgan fingerprint density at radius 2 is 2.04 bits per heavy atom. The standard InChI is InChI=1S/C17H19ClN4O2/c18-12-3-5-14(6-4-12)22-9-1-2-13(11-22)20-17(24)21-16-8-7-15(23)10-19-16/h3-8,10,13,23H,1-2,9,11H2,(H2,19,20,21,24). The van der Waals surface area contributed by atoms with Crippen molar-refractivity contribution >= 4 is 29.1 Å². The second kappa shape index (κ2) is 7.40. The van der Waals surface area contributed by atoms with Crippen molar-refractivity contribution < 1.29 is 9.90 Å². The summed E-state index contributed by atoms with van der Waals surface area (Å²) in [6.45, 7) is 1.71. The third kappa shape index (κ3) is 4.29. The Hall–Kier alpha value is -2.47. The number of hydrogen-bond acceptors (Lipinski definition) is 4. The predicted octanol–water partition coefficient (Wildman–Crippen LogP) is 3.23. The van der Waals surface area contributed by atoms with E-state index >= 15 is 0 Å². The first-order chi connectivity index (χ1) is 11.6. The van der Waals surface area contributed by atoms with E-state index < -0.39 is 0 Å². The van der Waals surface area contributed by atoms with Crippen LogP contribution in [0.4, 0.5) is 16.3 Å². The highest BCUT2D eigenvalue weighted by Crippen LogP contribution is 2.22. The summed E-state index contributed by atoms with van der Waals surface area (Å²) in [7, 11) is 0. The largest absolute Gasteiger partial charge is 0.506 e. The minimum Gasteiger partial charge on any atom is -0.506 e. The molecule has 0 radical (unpaired) electrons. The molecule has 0 bridgehead atoms. The quantitative estimate of drug-likeness (QED) is 0.797. The zero-order chi connectivity index (χ0) is 16.9. The van der Waals surface area contributed by atoms with E-state index in [0.29, 0.717) is 10.8 Å². The molecule has 0 aliphatic carbocycles. The fraction of sp³-hybridized carbons (Fsp3) is 0.294. The maximum absolute atomic E-state index is 12.1. The van der Waals surface area contributed by atoms with Crippen molar-refractivity contribution in [3.05, 3.63) is 47.6 Å². The lowest BCUT2D eigenvalue weighted by Crippen LogP contribution is -2.49. The number of nitrogens with zero attached hydrogens (tertiary/aromatic N) is 2. The lowest BCUT2D eigenvalue weighted by atomic mass is 10.1. The summed E-state index contributed by atoms with van der Waals surface area (Å²) in [5, 5.41) is 15.6. The van der Waals surface area contributed by atoms with Crippen LogP contribution in [0.2, 0.25) is 5.02 Å². The molecule has 24 heavy (non-hydrogen) atoms. The molecular weight excluding hydrogens is 328 g/mol. The average molecular weight is 347 g/mol. The Kier molecular flexibility index (Phi) is 5.05. The Bertz CT molecular complexity index is 691. The number of hydrogen-bond donors (Lipinski definition) is 3. The Morgan fingerprint density at radius 3 is 2.75 bits per heavy atom. The van der Waals surface area contributed by atoms with Gasteiger partial charge in [0, 0.05) is 29.8 Å². The van der Waals surface area contributed by atoms with E-state index in [2.05, 4.69) is 20.5 Å². The Balaban J connectivity index is 1.55. The summed E-state index contributed by atoms with van der Waals surface area (Å²) >= 11 is 5.93. The maximum Gasteiger partial charge on any atom is 0.320 e. The van der Waals surface area contributed by atoms with Crippen molar-refractivity contribution in [2.45, 2.75) is 18.9 Å². The smallest absolute Gasteiger partial charge is 0.320 e. The fourth-order valence-corrected chi connectivity index (χ4v) is 2.91. The molecule has 1 aromatic heterocycles. The molecule has 1 aliphatic rings. The summed E-state index contributed by atoms with van der Waals surface area (Å²) < 4.78 is 0. The number of anilines is 2. The Labute approximate surface area is 145 Å². The molecule has 2 heterocycles. The van der Waals surface area contributed by atoms with Crippen molar-refractivity contribution in [1.82, 2.24) is 10.3 Å². The van der Waals surface area contributed by atoms with Gasteiger partial charge in [-0.3, -0.25) is 5.32 Å². The molecule has 1 saturated heterocycles.